The van der Waals surface area contributed by atoms with Crippen molar-refractivity contribution in [2.24, 2.45) is 11.3 Å². The van der Waals surface area contributed by atoms with Crippen molar-refractivity contribution in [2.45, 2.75) is 254 Å². The Bertz CT molecular complexity index is 2640. The lowest BCUT2D eigenvalue weighted by molar-refractivity contribution is -0.167. The number of aldehydes is 1. The van der Waals surface area contributed by atoms with Crippen molar-refractivity contribution in [3.63, 3.8) is 0 Å². The zero-order valence-corrected chi connectivity index (χ0v) is 57.3. The van der Waals surface area contributed by atoms with Crippen LogP contribution >= 0.6 is 0 Å². The Hall–Kier alpha value is -5.88. The first-order valence-electron chi connectivity index (χ1n) is 31.0. The van der Waals surface area contributed by atoms with E-state index in [1.54, 1.807) is 0 Å². The minimum Gasteiger partial charge on any atom is -0.507 e. The topological polar surface area (TPSA) is 186 Å². The number of rotatable bonds is 22. The average molecular weight is 1190 g/mol. The van der Waals surface area contributed by atoms with Crippen LogP contribution in [0.2, 0.25) is 0 Å². The van der Waals surface area contributed by atoms with Crippen molar-refractivity contribution in [1.82, 2.24) is 0 Å². The minimum atomic E-state index is -1.47. The first-order valence-corrected chi connectivity index (χ1v) is 31.0. The Labute approximate surface area is 517 Å². The number of carbonyl (C=O) groups excluding carboxylic acids is 4. The Balaban J connectivity index is 1.78. The zero-order chi connectivity index (χ0) is 65.7. The van der Waals surface area contributed by atoms with Gasteiger partial charge in [-0.05, 0) is 136 Å². The number of phenolic OH excluding ortho intramolecular Hbond substituents is 4. The van der Waals surface area contributed by atoms with E-state index in [2.05, 4.69) is 0 Å². The number of phenols is 4. The molecule has 1 atom stereocenters. The molecule has 0 bridgehead atoms. The standard InChI is InChI=1S/C74H110O12/c1-66(2,3)51-32-46(33-52(62(51)79)67(4,5)6)25-28-59(76)84-43-74(44-85-60(77)29-26-47-34-53(68(7,8)9)63(80)54(35-47)69(10,11)12,45-86-61(78)30-27-48-36-55(70(13,14)15)64(81)56(37-48)71(16,17)18)42-83-41-50(40-75)31-49-38-57(72(19,20)21)65(82)58(39-49)73(22,23)24/h32-40,50,79-82H,25-31,41-45H2,1-24H3. The van der Waals surface area contributed by atoms with Crippen LogP contribution in [0.3, 0.4) is 0 Å². The number of benzene rings is 4. The summed E-state index contributed by atoms with van der Waals surface area (Å²) in [5.41, 5.74) is 4.85. The fourth-order valence-electron chi connectivity index (χ4n) is 10.7. The number of ether oxygens (including phenoxy) is 4. The maximum Gasteiger partial charge on any atom is 0.306 e. The molecule has 12 heteroatoms. The third-order valence-corrected chi connectivity index (χ3v) is 16.0. The quantitative estimate of drug-likeness (QED) is 0.0332. The summed E-state index contributed by atoms with van der Waals surface area (Å²) in [6.45, 7) is 47.2. The molecule has 478 valence electrons. The van der Waals surface area contributed by atoms with Gasteiger partial charge < -0.3 is 44.2 Å². The highest BCUT2D eigenvalue weighted by molar-refractivity contribution is 5.71. The normalized spacial score (nSPS) is 13.6. The maximum atomic E-state index is 14.2. The molecule has 0 fully saturated rings. The summed E-state index contributed by atoms with van der Waals surface area (Å²) >= 11 is 0. The fourth-order valence-corrected chi connectivity index (χ4v) is 10.7. The minimum absolute atomic E-state index is 0.0408. The van der Waals surface area contributed by atoms with E-state index in [0.717, 1.165) is 73.0 Å². The Morgan fingerprint density at radius 2 is 0.570 bits per heavy atom. The van der Waals surface area contributed by atoms with Crippen LogP contribution in [-0.4, -0.2) is 77.7 Å². The highest BCUT2D eigenvalue weighted by atomic mass is 16.6. The third-order valence-electron chi connectivity index (χ3n) is 16.0. The highest BCUT2D eigenvalue weighted by Gasteiger charge is 2.38. The van der Waals surface area contributed by atoms with Gasteiger partial charge in [0.15, 0.2) is 0 Å². The van der Waals surface area contributed by atoms with Gasteiger partial charge >= 0.3 is 17.9 Å². The molecule has 12 nitrogen and oxygen atoms in total. The SMILES string of the molecule is CC(C)(C)c1cc(CCC(=O)OCC(COCC(C=O)Cc2cc(C(C)(C)C)c(O)c(C(C)(C)C)c2)(COC(=O)CCc2cc(C(C)(C)C)c(O)c(C(C)(C)C)c2)COC(=O)CCc2cc(C(C)(C)C)c(O)c(C(C)(C)C)c2)cc(C(C)(C)C)c1O. The summed E-state index contributed by atoms with van der Waals surface area (Å²) in [5, 5.41) is 45.8. The second-order valence-corrected chi connectivity index (χ2v) is 32.8. The zero-order valence-electron chi connectivity index (χ0n) is 57.3. The van der Waals surface area contributed by atoms with Gasteiger partial charge in [0.1, 0.15) is 49.1 Å². The average Bonchev–Trinajstić information content (AvgIpc) is 1.09. The molecule has 86 heavy (non-hydrogen) atoms. The third kappa shape index (κ3) is 20.1. The Morgan fingerprint density at radius 1 is 0.360 bits per heavy atom. The lowest BCUT2D eigenvalue weighted by Crippen LogP contribution is -2.44. The molecule has 0 aliphatic heterocycles. The van der Waals surface area contributed by atoms with Gasteiger partial charge in [-0.15, -0.1) is 0 Å². The van der Waals surface area contributed by atoms with Gasteiger partial charge in [-0.2, -0.15) is 0 Å². The van der Waals surface area contributed by atoms with Crippen molar-refractivity contribution in [2.75, 3.05) is 33.0 Å². The fraction of sp³-hybridized carbons (Fsp3) is 0.622. The number of esters is 3. The first kappa shape index (κ1) is 72.6. The molecule has 0 aliphatic carbocycles. The second kappa shape index (κ2) is 27.2. The molecular weight excluding hydrogens is 1080 g/mol. The molecule has 0 saturated heterocycles. The molecule has 0 saturated carbocycles. The van der Waals surface area contributed by atoms with E-state index < -0.39 is 72.6 Å². The van der Waals surface area contributed by atoms with Crippen LogP contribution in [0.4, 0.5) is 0 Å². The molecular formula is C74H110O12. The molecule has 0 aromatic heterocycles. The van der Waals surface area contributed by atoms with Crippen molar-refractivity contribution in [3.8, 4) is 23.0 Å². The van der Waals surface area contributed by atoms with Crippen molar-refractivity contribution in [3.05, 3.63) is 115 Å². The smallest absolute Gasteiger partial charge is 0.306 e. The molecule has 4 aromatic rings. The van der Waals surface area contributed by atoms with Crippen LogP contribution in [0.15, 0.2) is 48.5 Å². The van der Waals surface area contributed by atoms with Crippen LogP contribution in [0, 0.1) is 11.3 Å². The van der Waals surface area contributed by atoms with Crippen LogP contribution in [0.1, 0.15) is 252 Å². The van der Waals surface area contributed by atoms with Gasteiger partial charge in [0, 0.05) is 25.2 Å². The summed E-state index contributed by atoms with van der Waals surface area (Å²) in [7, 11) is 0. The summed E-state index contributed by atoms with van der Waals surface area (Å²) in [6.07, 6.45) is 1.87. The predicted molar refractivity (Wildman–Crippen MR) is 346 cm³/mol. The van der Waals surface area contributed by atoms with Crippen LogP contribution in [0.5, 0.6) is 23.0 Å². The lowest BCUT2D eigenvalue weighted by Gasteiger charge is -2.32. The van der Waals surface area contributed by atoms with Crippen molar-refractivity contribution >= 4 is 24.2 Å². The second-order valence-electron chi connectivity index (χ2n) is 32.8. The highest BCUT2D eigenvalue weighted by Crippen LogP contribution is 2.44. The van der Waals surface area contributed by atoms with Gasteiger partial charge in [0.2, 0.25) is 0 Å². The van der Waals surface area contributed by atoms with Crippen molar-refractivity contribution < 1.29 is 58.6 Å². The number of aryl methyl sites for hydroxylation is 3. The van der Waals surface area contributed by atoms with Gasteiger partial charge in [-0.3, -0.25) is 14.4 Å². The number of carbonyl (C=O) groups is 4. The van der Waals surface area contributed by atoms with Crippen LogP contribution in [0.25, 0.3) is 0 Å². The molecule has 0 radical (unpaired) electrons. The number of hydrogen-bond acceptors (Lipinski definition) is 12. The Kier molecular flexibility index (Phi) is 23.0. The maximum absolute atomic E-state index is 14.2. The summed E-state index contributed by atoms with van der Waals surface area (Å²) in [6, 6.07) is 15.5. The van der Waals surface area contributed by atoms with E-state index >= 15 is 0 Å². The van der Waals surface area contributed by atoms with Gasteiger partial charge in [-0.25, -0.2) is 0 Å². The number of hydrogen-bond donors (Lipinski definition) is 4. The van der Waals surface area contributed by atoms with E-state index in [0.29, 0.717) is 19.3 Å². The molecule has 0 spiro atoms. The van der Waals surface area contributed by atoms with Crippen LogP contribution in [-0.2, 0) is 107 Å². The van der Waals surface area contributed by atoms with Gasteiger partial charge in [0.05, 0.1) is 18.6 Å². The van der Waals surface area contributed by atoms with E-state index in [1.807, 2.05) is 215 Å². The van der Waals surface area contributed by atoms with Gasteiger partial charge in [-0.1, -0.05) is 215 Å². The summed E-state index contributed by atoms with van der Waals surface area (Å²) in [5.74, 6) is -1.45. The molecule has 4 N–H and O–H groups in total. The monoisotopic (exact) mass is 1190 g/mol. The lowest BCUT2D eigenvalue weighted by atomic mass is 9.77. The Morgan fingerprint density at radius 3 is 0.767 bits per heavy atom. The van der Waals surface area contributed by atoms with E-state index in [4.69, 9.17) is 18.9 Å². The van der Waals surface area contributed by atoms with E-state index in [9.17, 15) is 39.6 Å². The molecule has 4 rings (SSSR count). The molecule has 4 aromatic carbocycles. The van der Waals surface area contributed by atoms with Crippen LogP contribution < -0.4 is 0 Å². The molecule has 0 amide bonds. The first-order chi connectivity index (χ1) is 39.0. The largest absolute Gasteiger partial charge is 0.507 e. The summed E-state index contributed by atoms with van der Waals surface area (Å²) in [4.78, 5) is 55.5. The van der Waals surface area contributed by atoms with Crippen molar-refractivity contribution in [1.29, 1.82) is 0 Å². The molecule has 1 unspecified atom stereocenters. The molecule has 0 heterocycles. The summed E-state index contributed by atoms with van der Waals surface area (Å²) < 4.78 is 25.0. The van der Waals surface area contributed by atoms with E-state index in [1.165, 1.54) is 0 Å². The molecule has 0 aliphatic rings. The predicted octanol–water partition coefficient (Wildman–Crippen LogP) is 15.8. The van der Waals surface area contributed by atoms with E-state index in [-0.39, 0.29) is 81.7 Å². The van der Waals surface area contributed by atoms with Gasteiger partial charge in [0.25, 0.3) is 0 Å². The number of aromatic hydroxyl groups is 4.